The molecule has 27 heavy (non-hydrogen) atoms. The van der Waals surface area contributed by atoms with Crippen molar-refractivity contribution in [3.63, 3.8) is 0 Å². The summed E-state index contributed by atoms with van der Waals surface area (Å²) < 4.78 is 1.25. The Balaban J connectivity index is 1.41. The zero-order chi connectivity index (χ0) is 18.8. The molecule has 1 saturated heterocycles. The Morgan fingerprint density at radius 3 is 2.74 bits per heavy atom. The predicted octanol–water partition coefficient (Wildman–Crippen LogP) is 4.73. The lowest BCUT2D eigenvalue weighted by atomic mass is 9.99. The Morgan fingerprint density at radius 2 is 1.96 bits per heavy atom. The van der Waals surface area contributed by atoms with E-state index in [0.29, 0.717) is 12.5 Å². The van der Waals surface area contributed by atoms with Gasteiger partial charge in [0.1, 0.15) is 0 Å². The molecule has 1 amide bonds. The van der Waals surface area contributed by atoms with Crippen molar-refractivity contribution in [3.8, 4) is 0 Å². The van der Waals surface area contributed by atoms with Crippen LogP contribution in [0.2, 0.25) is 0 Å². The van der Waals surface area contributed by atoms with E-state index in [4.69, 9.17) is 4.98 Å². The fourth-order valence-corrected chi connectivity index (χ4v) is 4.95. The molecular formula is C22H25N3OS. The number of benzene rings is 2. The summed E-state index contributed by atoms with van der Waals surface area (Å²) in [5, 5.41) is 4.31. The molecule has 2 heterocycles. The Labute approximate surface area is 164 Å². The first-order chi connectivity index (χ1) is 13.1. The highest BCUT2D eigenvalue weighted by Crippen LogP contribution is 2.32. The number of aromatic nitrogens is 1. The number of carbonyl (C=O) groups excluding carboxylic acids is 1. The van der Waals surface area contributed by atoms with Gasteiger partial charge in [0, 0.05) is 18.2 Å². The number of para-hydroxylation sites is 2. The minimum absolute atomic E-state index is 0.0670. The first-order valence-corrected chi connectivity index (χ1v) is 10.4. The molecule has 1 aliphatic rings. The molecule has 0 unspecified atom stereocenters. The molecule has 2 aromatic carbocycles. The van der Waals surface area contributed by atoms with Crippen LogP contribution in [0.3, 0.4) is 0 Å². The Kier molecular flexibility index (Phi) is 5.23. The Bertz CT molecular complexity index is 912. The maximum absolute atomic E-state index is 12.6. The van der Waals surface area contributed by atoms with Crippen LogP contribution in [0.1, 0.15) is 34.9 Å². The van der Waals surface area contributed by atoms with Gasteiger partial charge in [-0.25, -0.2) is 4.98 Å². The smallest absolute Gasteiger partial charge is 0.238 e. The second kappa shape index (κ2) is 7.79. The summed E-state index contributed by atoms with van der Waals surface area (Å²) >= 11 is 1.79. The van der Waals surface area contributed by atoms with Crippen molar-refractivity contribution in [1.29, 1.82) is 0 Å². The Morgan fingerprint density at radius 1 is 1.19 bits per heavy atom. The number of fused-ring (bicyclic) bond motifs is 1. The molecule has 1 aliphatic heterocycles. The highest BCUT2D eigenvalue weighted by Gasteiger charge is 2.25. The third kappa shape index (κ3) is 4.04. The fourth-order valence-electron chi connectivity index (χ4n) is 3.86. The van der Waals surface area contributed by atoms with Crippen LogP contribution in [0, 0.1) is 13.8 Å². The maximum Gasteiger partial charge on any atom is 0.238 e. The molecule has 0 radical (unpaired) electrons. The van der Waals surface area contributed by atoms with Crippen molar-refractivity contribution in [2.45, 2.75) is 32.6 Å². The van der Waals surface area contributed by atoms with Gasteiger partial charge in [0.25, 0.3) is 0 Å². The number of hydrogen-bond acceptors (Lipinski definition) is 4. The monoisotopic (exact) mass is 379 g/mol. The van der Waals surface area contributed by atoms with E-state index in [2.05, 4.69) is 28.4 Å². The van der Waals surface area contributed by atoms with Crippen molar-refractivity contribution in [3.05, 3.63) is 58.6 Å². The van der Waals surface area contributed by atoms with Gasteiger partial charge < -0.3 is 5.32 Å². The lowest BCUT2D eigenvalue weighted by molar-refractivity contribution is -0.117. The molecule has 1 aromatic heterocycles. The number of thiazole rings is 1. The third-order valence-corrected chi connectivity index (χ3v) is 6.48. The van der Waals surface area contributed by atoms with Gasteiger partial charge >= 0.3 is 0 Å². The molecule has 5 heteroatoms. The number of anilines is 1. The molecule has 4 rings (SSSR count). The minimum atomic E-state index is 0.0670. The van der Waals surface area contributed by atoms with E-state index < -0.39 is 0 Å². The van der Waals surface area contributed by atoms with Gasteiger partial charge in [0.2, 0.25) is 5.91 Å². The van der Waals surface area contributed by atoms with Crippen LogP contribution in [0.5, 0.6) is 0 Å². The fraction of sp³-hybridized carbons (Fsp3) is 0.364. The molecule has 0 saturated carbocycles. The van der Waals surface area contributed by atoms with Crippen LogP contribution in [-0.2, 0) is 4.79 Å². The number of carbonyl (C=O) groups is 1. The molecule has 0 bridgehead atoms. The second-order valence-corrected chi connectivity index (χ2v) is 8.47. The molecule has 1 fully saturated rings. The summed E-state index contributed by atoms with van der Waals surface area (Å²) in [6, 6.07) is 14.4. The van der Waals surface area contributed by atoms with Gasteiger partial charge in [-0.1, -0.05) is 30.3 Å². The molecule has 140 valence electrons. The van der Waals surface area contributed by atoms with Gasteiger partial charge in [-0.3, -0.25) is 9.69 Å². The van der Waals surface area contributed by atoms with Crippen molar-refractivity contribution >= 4 is 33.1 Å². The summed E-state index contributed by atoms with van der Waals surface area (Å²) in [5.74, 6) is 0.487. The molecule has 1 N–H and O–H groups in total. The van der Waals surface area contributed by atoms with Gasteiger partial charge in [0.05, 0.1) is 21.8 Å². The van der Waals surface area contributed by atoms with Gasteiger partial charge in [-0.2, -0.15) is 0 Å². The molecule has 0 spiro atoms. The largest absolute Gasteiger partial charge is 0.324 e. The van der Waals surface area contributed by atoms with Gasteiger partial charge in [-0.05, 0) is 56.5 Å². The van der Waals surface area contributed by atoms with E-state index in [1.165, 1.54) is 9.71 Å². The summed E-state index contributed by atoms with van der Waals surface area (Å²) in [6.07, 6.45) is 2.26. The maximum atomic E-state index is 12.6. The van der Waals surface area contributed by atoms with E-state index in [9.17, 15) is 4.79 Å². The average molecular weight is 380 g/mol. The molecular weight excluding hydrogens is 354 g/mol. The number of aryl methyl sites for hydroxylation is 2. The molecule has 1 atom stereocenters. The van der Waals surface area contributed by atoms with Crippen LogP contribution < -0.4 is 5.32 Å². The van der Waals surface area contributed by atoms with Crippen molar-refractivity contribution in [2.24, 2.45) is 0 Å². The zero-order valence-corrected chi connectivity index (χ0v) is 16.7. The molecule has 3 aromatic rings. The average Bonchev–Trinajstić information content (AvgIpc) is 3.09. The zero-order valence-electron chi connectivity index (χ0n) is 15.9. The van der Waals surface area contributed by atoms with Crippen molar-refractivity contribution < 1.29 is 4.79 Å². The number of piperidine rings is 1. The van der Waals surface area contributed by atoms with Crippen LogP contribution in [0.25, 0.3) is 10.2 Å². The third-order valence-electron chi connectivity index (χ3n) is 5.28. The topological polar surface area (TPSA) is 45.2 Å². The van der Waals surface area contributed by atoms with E-state index in [-0.39, 0.29) is 5.91 Å². The molecule has 0 aliphatic carbocycles. The van der Waals surface area contributed by atoms with Crippen molar-refractivity contribution in [1.82, 2.24) is 9.88 Å². The van der Waals surface area contributed by atoms with E-state index in [1.807, 2.05) is 38.1 Å². The van der Waals surface area contributed by atoms with Crippen LogP contribution in [0.4, 0.5) is 5.69 Å². The lowest BCUT2D eigenvalue weighted by Crippen LogP contribution is -2.39. The van der Waals surface area contributed by atoms with Crippen molar-refractivity contribution in [2.75, 3.05) is 25.0 Å². The van der Waals surface area contributed by atoms with Gasteiger partial charge in [-0.15, -0.1) is 11.3 Å². The van der Waals surface area contributed by atoms with Crippen LogP contribution in [-0.4, -0.2) is 35.4 Å². The SMILES string of the molecule is Cc1cccc(C)c1NC(=O)CN1CCC[C@H](c2nc3ccccc3s2)C1. The van der Waals surface area contributed by atoms with Crippen LogP contribution in [0.15, 0.2) is 42.5 Å². The summed E-state index contributed by atoms with van der Waals surface area (Å²) in [4.78, 5) is 19.7. The van der Waals surface area contributed by atoms with E-state index in [1.54, 1.807) is 11.3 Å². The summed E-state index contributed by atoms with van der Waals surface area (Å²) in [5.41, 5.74) is 4.24. The standard InChI is InChI=1S/C22H25N3OS/c1-15-7-5-8-16(2)21(15)24-20(26)14-25-12-6-9-17(13-25)22-23-18-10-3-4-11-19(18)27-22/h3-5,7-8,10-11,17H,6,9,12-14H2,1-2H3,(H,24,26)/t17-/m0/s1. The molecule has 4 nitrogen and oxygen atoms in total. The summed E-state index contributed by atoms with van der Waals surface area (Å²) in [7, 11) is 0. The summed E-state index contributed by atoms with van der Waals surface area (Å²) in [6.45, 7) is 6.38. The van der Waals surface area contributed by atoms with Crippen LogP contribution >= 0.6 is 11.3 Å². The highest BCUT2D eigenvalue weighted by molar-refractivity contribution is 7.18. The predicted molar refractivity (Wildman–Crippen MR) is 113 cm³/mol. The number of nitrogens with one attached hydrogen (secondary N) is 1. The number of amides is 1. The van der Waals surface area contributed by atoms with E-state index in [0.717, 1.165) is 48.3 Å². The quantitative estimate of drug-likeness (QED) is 0.713. The minimum Gasteiger partial charge on any atom is -0.324 e. The number of hydrogen-bond donors (Lipinski definition) is 1. The normalized spacial score (nSPS) is 17.9. The lowest BCUT2D eigenvalue weighted by Gasteiger charge is -2.31. The number of rotatable bonds is 4. The number of nitrogens with zero attached hydrogens (tertiary/aromatic N) is 2. The van der Waals surface area contributed by atoms with Gasteiger partial charge in [0.15, 0.2) is 0 Å². The highest BCUT2D eigenvalue weighted by atomic mass is 32.1. The Hall–Kier alpha value is -2.24. The number of likely N-dealkylation sites (tertiary alicyclic amines) is 1. The second-order valence-electron chi connectivity index (χ2n) is 7.41. The van der Waals surface area contributed by atoms with E-state index >= 15 is 0 Å². The first kappa shape index (κ1) is 18.1. The first-order valence-electron chi connectivity index (χ1n) is 9.54.